The van der Waals surface area contributed by atoms with E-state index < -0.39 is 11.8 Å². The number of thiazole rings is 1. The monoisotopic (exact) mass is 356 g/mol. The molecular weight excluding hydrogens is 340 g/mol. The molecule has 0 aliphatic rings. The molecule has 0 saturated carbocycles. The molecule has 0 aliphatic heterocycles. The summed E-state index contributed by atoms with van der Waals surface area (Å²) in [6, 6.07) is 9.94. The number of hydrogen-bond donors (Lipinski definition) is 3. The van der Waals surface area contributed by atoms with Crippen LogP contribution >= 0.6 is 11.3 Å². The maximum atomic E-state index is 12.0. The summed E-state index contributed by atoms with van der Waals surface area (Å²) in [5, 5.41) is 2.94. The highest BCUT2D eigenvalue weighted by Gasteiger charge is 2.09. The van der Waals surface area contributed by atoms with Crippen LogP contribution in [0.15, 0.2) is 48.0 Å². The Hall–Kier alpha value is -3.13. The second kappa shape index (κ2) is 7.63. The standard InChI is InChI=1S/C17H16N4O3S/c1-11-19-13(10-25-11)9-24-14-6-4-12(5-7-14)16(22)20-21-17(23)15-3-2-8-18-15/h2-8,10,18H,9H2,1H3,(H,20,22)(H,21,23). The van der Waals surface area contributed by atoms with E-state index in [0.717, 1.165) is 10.7 Å². The van der Waals surface area contributed by atoms with Crippen molar-refractivity contribution in [2.24, 2.45) is 0 Å². The number of carbonyl (C=O) groups is 2. The Balaban J connectivity index is 1.50. The van der Waals surface area contributed by atoms with Crippen LogP contribution in [0.2, 0.25) is 0 Å². The molecular formula is C17H16N4O3S. The summed E-state index contributed by atoms with van der Waals surface area (Å²) in [6.07, 6.45) is 1.63. The first-order valence-electron chi connectivity index (χ1n) is 7.50. The summed E-state index contributed by atoms with van der Waals surface area (Å²) in [5.74, 6) is -0.198. The summed E-state index contributed by atoms with van der Waals surface area (Å²) < 4.78 is 5.63. The Bertz CT molecular complexity index is 856. The quantitative estimate of drug-likeness (QED) is 0.612. The van der Waals surface area contributed by atoms with Gasteiger partial charge in [0.15, 0.2) is 0 Å². The number of aromatic nitrogens is 2. The molecule has 0 radical (unpaired) electrons. The number of nitrogens with zero attached hydrogens (tertiary/aromatic N) is 1. The molecule has 0 atom stereocenters. The Labute approximate surface area is 148 Å². The highest BCUT2D eigenvalue weighted by molar-refractivity contribution is 7.09. The first kappa shape index (κ1) is 16.7. The zero-order valence-corrected chi connectivity index (χ0v) is 14.2. The predicted molar refractivity (Wildman–Crippen MR) is 93.4 cm³/mol. The maximum Gasteiger partial charge on any atom is 0.286 e. The highest BCUT2D eigenvalue weighted by atomic mass is 32.1. The first-order valence-corrected chi connectivity index (χ1v) is 8.38. The molecule has 3 N–H and O–H groups in total. The minimum absolute atomic E-state index is 0.362. The van der Waals surface area contributed by atoms with E-state index in [9.17, 15) is 9.59 Å². The van der Waals surface area contributed by atoms with Gasteiger partial charge in [-0.1, -0.05) is 0 Å². The van der Waals surface area contributed by atoms with Crippen molar-refractivity contribution in [3.63, 3.8) is 0 Å². The normalized spacial score (nSPS) is 10.3. The van der Waals surface area contributed by atoms with Crippen molar-refractivity contribution < 1.29 is 14.3 Å². The van der Waals surface area contributed by atoms with Crippen LogP contribution in [-0.4, -0.2) is 21.8 Å². The van der Waals surface area contributed by atoms with Crippen molar-refractivity contribution in [3.8, 4) is 5.75 Å². The summed E-state index contributed by atoms with van der Waals surface area (Å²) in [7, 11) is 0. The second-order valence-electron chi connectivity index (χ2n) is 5.16. The smallest absolute Gasteiger partial charge is 0.286 e. The van der Waals surface area contributed by atoms with E-state index in [1.165, 1.54) is 0 Å². The third-order valence-electron chi connectivity index (χ3n) is 3.30. The number of carbonyl (C=O) groups excluding carboxylic acids is 2. The van der Waals surface area contributed by atoms with Crippen molar-refractivity contribution in [1.29, 1.82) is 0 Å². The fourth-order valence-electron chi connectivity index (χ4n) is 2.06. The van der Waals surface area contributed by atoms with Gasteiger partial charge in [0.25, 0.3) is 11.8 Å². The molecule has 3 rings (SSSR count). The summed E-state index contributed by atoms with van der Waals surface area (Å²) in [4.78, 5) is 30.8. The molecule has 25 heavy (non-hydrogen) atoms. The average Bonchev–Trinajstić information content (AvgIpc) is 3.30. The maximum absolute atomic E-state index is 12.0. The molecule has 1 aromatic carbocycles. The summed E-state index contributed by atoms with van der Waals surface area (Å²) >= 11 is 1.57. The third-order valence-corrected chi connectivity index (χ3v) is 4.12. The van der Waals surface area contributed by atoms with Crippen LogP contribution in [0, 0.1) is 6.92 Å². The predicted octanol–water partition coefficient (Wildman–Crippen LogP) is 2.43. The summed E-state index contributed by atoms with van der Waals surface area (Å²) in [6.45, 7) is 2.32. The van der Waals surface area contributed by atoms with Crippen LogP contribution in [-0.2, 0) is 6.61 Å². The summed E-state index contributed by atoms with van der Waals surface area (Å²) in [5.41, 5.74) is 6.34. The van der Waals surface area contributed by atoms with Gasteiger partial charge in [-0.3, -0.25) is 20.4 Å². The number of aromatic amines is 1. The molecule has 2 aromatic heterocycles. The van der Waals surface area contributed by atoms with Gasteiger partial charge in [0.05, 0.1) is 10.7 Å². The fraction of sp³-hybridized carbons (Fsp3) is 0.118. The van der Waals surface area contributed by atoms with E-state index in [0.29, 0.717) is 23.6 Å². The first-order chi connectivity index (χ1) is 12.1. The molecule has 0 aliphatic carbocycles. The van der Waals surface area contributed by atoms with Crippen LogP contribution < -0.4 is 15.6 Å². The lowest BCUT2D eigenvalue weighted by atomic mass is 10.2. The van der Waals surface area contributed by atoms with E-state index in [1.54, 1.807) is 53.9 Å². The number of aryl methyl sites for hydroxylation is 1. The van der Waals surface area contributed by atoms with Gasteiger partial charge in [-0.15, -0.1) is 11.3 Å². The SMILES string of the molecule is Cc1nc(COc2ccc(C(=O)NNC(=O)c3ccc[nH]3)cc2)cs1. The van der Waals surface area contributed by atoms with Crippen molar-refractivity contribution >= 4 is 23.2 Å². The van der Waals surface area contributed by atoms with Crippen LogP contribution in [0.3, 0.4) is 0 Å². The van der Waals surface area contributed by atoms with Crippen LogP contribution in [0.25, 0.3) is 0 Å². The number of H-pyrrole nitrogens is 1. The molecule has 0 saturated heterocycles. The van der Waals surface area contributed by atoms with Gasteiger partial charge in [-0.05, 0) is 43.3 Å². The number of rotatable bonds is 5. The molecule has 0 unspecified atom stereocenters. The van der Waals surface area contributed by atoms with Crippen LogP contribution in [0.4, 0.5) is 0 Å². The molecule has 8 heteroatoms. The number of benzene rings is 1. The fourth-order valence-corrected chi connectivity index (χ4v) is 2.66. The van der Waals surface area contributed by atoms with Gasteiger partial charge in [-0.25, -0.2) is 4.98 Å². The Morgan fingerprint density at radius 1 is 1.16 bits per heavy atom. The lowest BCUT2D eigenvalue weighted by molar-refractivity contribution is 0.0844. The zero-order chi connectivity index (χ0) is 17.6. The van der Waals surface area contributed by atoms with Crippen molar-refractivity contribution in [2.45, 2.75) is 13.5 Å². The zero-order valence-electron chi connectivity index (χ0n) is 13.4. The Morgan fingerprint density at radius 3 is 2.56 bits per heavy atom. The van der Waals surface area contributed by atoms with Gasteiger partial charge >= 0.3 is 0 Å². The lowest BCUT2D eigenvalue weighted by Gasteiger charge is -2.08. The van der Waals surface area contributed by atoms with E-state index in [4.69, 9.17) is 4.74 Å². The average molecular weight is 356 g/mol. The number of nitrogens with one attached hydrogen (secondary N) is 3. The molecule has 7 nitrogen and oxygen atoms in total. The minimum atomic E-state index is -0.420. The Kier molecular flexibility index (Phi) is 5.10. The van der Waals surface area contributed by atoms with E-state index in [2.05, 4.69) is 20.8 Å². The van der Waals surface area contributed by atoms with Crippen LogP contribution in [0.5, 0.6) is 5.75 Å². The van der Waals surface area contributed by atoms with Crippen LogP contribution in [0.1, 0.15) is 31.5 Å². The van der Waals surface area contributed by atoms with E-state index in [-0.39, 0.29) is 0 Å². The molecule has 2 heterocycles. The highest BCUT2D eigenvalue weighted by Crippen LogP contribution is 2.15. The molecule has 0 fully saturated rings. The number of hydrazine groups is 1. The number of ether oxygens (including phenoxy) is 1. The number of hydrogen-bond acceptors (Lipinski definition) is 5. The minimum Gasteiger partial charge on any atom is -0.487 e. The molecule has 3 aromatic rings. The second-order valence-corrected chi connectivity index (χ2v) is 6.23. The third kappa shape index (κ3) is 4.45. The van der Waals surface area contributed by atoms with Crippen molar-refractivity contribution in [2.75, 3.05) is 0 Å². The number of amides is 2. The lowest BCUT2D eigenvalue weighted by Crippen LogP contribution is -2.41. The Morgan fingerprint density at radius 2 is 1.92 bits per heavy atom. The molecule has 0 bridgehead atoms. The van der Waals surface area contributed by atoms with Gasteiger partial charge in [0, 0.05) is 17.1 Å². The van der Waals surface area contributed by atoms with Gasteiger partial charge in [-0.2, -0.15) is 0 Å². The topological polar surface area (TPSA) is 96.1 Å². The molecule has 2 amide bonds. The van der Waals surface area contributed by atoms with E-state index >= 15 is 0 Å². The van der Waals surface area contributed by atoms with E-state index in [1.807, 2.05) is 12.3 Å². The largest absolute Gasteiger partial charge is 0.487 e. The van der Waals surface area contributed by atoms with Gasteiger partial charge in [0.2, 0.25) is 0 Å². The van der Waals surface area contributed by atoms with Gasteiger partial charge < -0.3 is 9.72 Å². The molecule has 128 valence electrons. The van der Waals surface area contributed by atoms with Gasteiger partial charge in [0.1, 0.15) is 18.1 Å². The van der Waals surface area contributed by atoms with Crippen molar-refractivity contribution in [3.05, 3.63) is 69.9 Å². The van der Waals surface area contributed by atoms with Crippen molar-refractivity contribution in [1.82, 2.24) is 20.8 Å². The molecule has 0 spiro atoms.